The van der Waals surface area contributed by atoms with Crippen LogP contribution < -0.4 is 0 Å². The summed E-state index contributed by atoms with van der Waals surface area (Å²) < 4.78 is 46.3. The Morgan fingerprint density at radius 3 is 2.58 bits per heavy atom. The van der Waals surface area contributed by atoms with Crippen molar-refractivity contribution in [2.75, 3.05) is 0 Å². The number of benzene rings is 1. The van der Waals surface area contributed by atoms with Gasteiger partial charge < -0.3 is 4.42 Å². The predicted octanol–water partition coefficient (Wildman–Crippen LogP) is 4.54. The van der Waals surface area contributed by atoms with E-state index in [2.05, 4.69) is 31.2 Å². The Morgan fingerprint density at radius 2 is 1.92 bits per heavy atom. The average molecular weight is 419 g/mol. The van der Waals surface area contributed by atoms with Crippen LogP contribution in [-0.2, 0) is 19.0 Å². The van der Waals surface area contributed by atoms with Gasteiger partial charge in [-0.05, 0) is 17.7 Å². The number of halogens is 4. The predicted molar refractivity (Wildman–Crippen MR) is 85.2 cm³/mol. The number of nitrogens with zero attached hydrogens (tertiary/aromatic N) is 4. The Labute approximate surface area is 147 Å². The zero-order valence-electron chi connectivity index (χ0n) is 12.2. The van der Waals surface area contributed by atoms with E-state index in [1.807, 2.05) is 24.3 Å². The molecule has 0 radical (unpaired) electrons. The zero-order chi connectivity index (χ0) is 17.3. The Bertz CT molecular complexity index is 845. The van der Waals surface area contributed by atoms with Gasteiger partial charge in [-0.1, -0.05) is 39.8 Å². The molecule has 0 saturated heterocycles. The van der Waals surface area contributed by atoms with E-state index in [4.69, 9.17) is 4.42 Å². The molecule has 0 aliphatic carbocycles. The van der Waals surface area contributed by atoms with Crippen LogP contribution >= 0.6 is 27.7 Å². The maximum Gasteiger partial charge on any atom is 0.435 e. The van der Waals surface area contributed by atoms with Crippen molar-refractivity contribution in [1.82, 2.24) is 20.0 Å². The first-order valence-corrected chi connectivity index (χ1v) is 8.43. The Balaban J connectivity index is 1.77. The topological polar surface area (TPSA) is 56.7 Å². The van der Waals surface area contributed by atoms with E-state index < -0.39 is 11.9 Å². The van der Waals surface area contributed by atoms with Crippen molar-refractivity contribution in [3.05, 3.63) is 46.2 Å². The Morgan fingerprint density at radius 1 is 1.21 bits per heavy atom. The van der Waals surface area contributed by atoms with Crippen LogP contribution in [0.2, 0.25) is 0 Å². The summed E-state index contributed by atoms with van der Waals surface area (Å²) in [6.45, 7) is 0. The fourth-order valence-electron chi connectivity index (χ4n) is 1.96. The van der Waals surface area contributed by atoms with Crippen molar-refractivity contribution in [3.8, 4) is 11.5 Å². The van der Waals surface area contributed by atoms with Crippen LogP contribution in [0.5, 0.6) is 0 Å². The first-order valence-electron chi connectivity index (χ1n) is 6.65. The number of thioether (sulfide) groups is 1. The van der Waals surface area contributed by atoms with Gasteiger partial charge >= 0.3 is 6.18 Å². The molecule has 3 rings (SSSR count). The Kier molecular flexibility index (Phi) is 4.68. The van der Waals surface area contributed by atoms with Crippen molar-refractivity contribution in [1.29, 1.82) is 0 Å². The maximum absolute atomic E-state index is 13.0. The van der Waals surface area contributed by atoms with Crippen molar-refractivity contribution < 1.29 is 17.6 Å². The number of rotatable bonds is 4. The highest BCUT2D eigenvalue weighted by Gasteiger charge is 2.38. The lowest BCUT2D eigenvalue weighted by Crippen LogP contribution is -2.08. The second-order valence-corrected chi connectivity index (χ2v) is 6.69. The van der Waals surface area contributed by atoms with E-state index in [9.17, 15) is 13.2 Å². The van der Waals surface area contributed by atoms with Crippen LogP contribution in [0.3, 0.4) is 0 Å². The summed E-state index contributed by atoms with van der Waals surface area (Å²) in [7, 11) is 1.40. The molecule has 24 heavy (non-hydrogen) atoms. The number of alkyl halides is 3. The molecule has 0 spiro atoms. The van der Waals surface area contributed by atoms with E-state index in [-0.39, 0.29) is 16.7 Å². The molecule has 0 saturated carbocycles. The molecule has 126 valence electrons. The van der Waals surface area contributed by atoms with Crippen LogP contribution in [0.4, 0.5) is 13.2 Å². The molecule has 5 nitrogen and oxygen atoms in total. The fraction of sp³-hybridized carbons (Fsp3) is 0.214. The summed E-state index contributed by atoms with van der Waals surface area (Å²) in [6.07, 6.45) is -3.38. The molecular weight excluding hydrogens is 409 g/mol. The molecule has 0 unspecified atom stereocenters. The SMILES string of the molecule is Cn1cc(-c2nnc(SCc3ccc(Br)cc3)o2)c(C(F)(F)F)n1. The minimum absolute atomic E-state index is 0.199. The third-order valence-electron chi connectivity index (χ3n) is 3.01. The van der Waals surface area contributed by atoms with Crippen molar-refractivity contribution in [2.24, 2.45) is 7.05 Å². The quantitative estimate of drug-likeness (QED) is 0.581. The van der Waals surface area contributed by atoms with Gasteiger partial charge in [-0.15, -0.1) is 10.2 Å². The van der Waals surface area contributed by atoms with Gasteiger partial charge in [0.15, 0.2) is 5.69 Å². The molecular formula is C14H10BrF3N4OS. The van der Waals surface area contributed by atoms with E-state index in [1.54, 1.807) is 0 Å². The van der Waals surface area contributed by atoms with Crippen LogP contribution in [0.1, 0.15) is 11.3 Å². The summed E-state index contributed by atoms with van der Waals surface area (Å²) in [5.74, 6) is 0.363. The number of hydrogen-bond acceptors (Lipinski definition) is 5. The van der Waals surface area contributed by atoms with E-state index in [0.29, 0.717) is 5.75 Å². The zero-order valence-corrected chi connectivity index (χ0v) is 14.6. The van der Waals surface area contributed by atoms with Gasteiger partial charge in [-0.25, -0.2) is 0 Å². The molecule has 1 aromatic carbocycles. The minimum Gasteiger partial charge on any atom is -0.411 e. The van der Waals surface area contributed by atoms with Crippen molar-refractivity contribution >= 4 is 27.7 Å². The van der Waals surface area contributed by atoms with Gasteiger partial charge in [0.25, 0.3) is 11.1 Å². The second kappa shape index (κ2) is 6.60. The highest BCUT2D eigenvalue weighted by molar-refractivity contribution is 9.10. The van der Waals surface area contributed by atoms with Gasteiger partial charge in [-0.2, -0.15) is 18.3 Å². The summed E-state index contributed by atoms with van der Waals surface area (Å²) >= 11 is 4.60. The first kappa shape index (κ1) is 17.0. The van der Waals surface area contributed by atoms with Crippen molar-refractivity contribution in [2.45, 2.75) is 17.2 Å². The van der Waals surface area contributed by atoms with Crippen LogP contribution in [0.15, 0.2) is 44.6 Å². The van der Waals surface area contributed by atoms with Gasteiger partial charge in [0, 0.05) is 23.5 Å². The molecule has 10 heteroatoms. The molecule has 2 aromatic heterocycles. The van der Waals surface area contributed by atoms with Gasteiger partial charge in [0.2, 0.25) is 0 Å². The molecule has 0 fully saturated rings. The molecule has 2 heterocycles. The number of aryl methyl sites for hydroxylation is 1. The second-order valence-electron chi connectivity index (χ2n) is 4.85. The third-order valence-corrected chi connectivity index (χ3v) is 4.43. The third kappa shape index (κ3) is 3.81. The van der Waals surface area contributed by atoms with Gasteiger partial charge in [-0.3, -0.25) is 4.68 Å². The molecule has 0 aliphatic heterocycles. The fourth-order valence-corrected chi connectivity index (χ4v) is 2.94. The van der Waals surface area contributed by atoms with Gasteiger partial charge in [0.1, 0.15) is 0 Å². The number of hydrogen-bond donors (Lipinski definition) is 0. The van der Waals surface area contributed by atoms with Crippen LogP contribution in [-0.4, -0.2) is 20.0 Å². The lowest BCUT2D eigenvalue weighted by molar-refractivity contribution is -0.141. The monoisotopic (exact) mass is 418 g/mol. The van der Waals surface area contributed by atoms with Crippen molar-refractivity contribution in [3.63, 3.8) is 0 Å². The maximum atomic E-state index is 13.0. The average Bonchev–Trinajstić information content (AvgIpc) is 3.12. The van der Waals surface area contributed by atoms with E-state index in [0.717, 1.165) is 14.7 Å². The molecule has 0 bridgehead atoms. The van der Waals surface area contributed by atoms with Crippen LogP contribution in [0, 0.1) is 0 Å². The summed E-state index contributed by atoms with van der Waals surface area (Å²) in [4.78, 5) is 0. The standard InChI is InChI=1S/C14H10BrF3N4OS/c1-22-6-10(11(21-22)14(16,17)18)12-19-20-13(23-12)24-7-8-2-4-9(15)5-3-8/h2-6H,7H2,1H3. The minimum atomic E-state index is -4.59. The highest BCUT2D eigenvalue weighted by Crippen LogP contribution is 2.36. The summed E-state index contributed by atoms with van der Waals surface area (Å²) in [6, 6.07) is 7.66. The Hall–Kier alpha value is -1.81. The molecule has 0 atom stereocenters. The molecule has 0 aliphatic rings. The first-order chi connectivity index (χ1) is 11.3. The lowest BCUT2D eigenvalue weighted by atomic mass is 10.2. The summed E-state index contributed by atoms with van der Waals surface area (Å²) in [5, 5.41) is 11.1. The van der Waals surface area contributed by atoms with Gasteiger partial charge in [0.05, 0.1) is 5.56 Å². The molecule has 0 N–H and O–H groups in total. The summed E-state index contributed by atoms with van der Waals surface area (Å²) in [5.41, 5.74) is -0.244. The van der Waals surface area contributed by atoms with E-state index >= 15 is 0 Å². The molecule has 3 aromatic rings. The van der Waals surface area contributed by atoms with E-state index in [1.165, 1.54) is 25.0 Å². The lowest BCUT2D eigenvalue weighted by Gasteiger charge is -2.02. The smallest absolute Gasteiger partial charge is 0.411 e. The molecule has 0 amide bonds. The highest BCUT2D eigenvalue weighted by atomic mass is 79.9. The number of aromatic nitrogens is 4. The normalized spacial score (nSPS) is 11.9. The van der Waals surface area contributed by atoms with Crippen LogP contribution in [0.25, 0.3) is 11.5 Å². The largest absolute Gasteiger partial charge is 0.435 e.